The van der Waals surface area contributed by atoms with Crippen molar-refractivity contribution >= 4 is 30.5 Å². The van der Waals surface area contributed by atoms with Crippen molar-refractivity contribution in [3.63, 3.8) is 0 Å². The molecule has 31 heavy (non-hydrogen) atoms. The van der Waals surface area contributed by atoms with Crippen LogP contribution in [0.1, 0.15) is 51.4 Å². The zero-order valence-corrected chi connectivity index (χ0v) is 20.6. The smallest absolute Gasteiger partial charge is 0.0483 e. The summed E-state index contributed by atoms with van der Waals surface area (Å²) in [6, 6.07) is 15.8. The molecule has 0 aliphatic heterocycles. The third kappa shape index (κ3) is 3.55. The van der Waals surface area contributed by atoms with Gasteiger partial charge in [0.05, 0.1) is 0 Å². The quantitative estimate of drug-likeness (QED) is 0.424. The largest absolute Gasteiger partial charge is 0.377 e. The molecule has 4 aliphatic carbocycles. The van der Waals surface area contributed by atoms with Crippen LogP contribution in [-0.2, 0) is 0 Å². The second kappa shape index (κ2) is 8.07. The number of fused-ring (bicyclic) bond motifs is 4. The van der Waals surface area contributed by atoms with Crippen molar-refractivity contribution in [2.75, 3.05) is 19.0 Å². The van der Waals surface area contributed by atoms with Crippen LogP contribution in [0.2, 0.25) is 5.02 Å². The number of halogens is 1. The Kier molecular flexibility index (Phi) is 5.35. The Hall–Kier alpha value is -1.04. The van der Waals surface area contributed by atoms with Gasteiger partial charge >= 0.3 is 0 Å². The number of rotatable bonds is 5. The summed E-state index contributed by atoms with van der Waals surface area (Å²) in [6.45, 7) is 0. The molecule has 6 unspecified atom stereocenters. The van der Waals surface area contributed by atoms with Gasteiger partial charge in [-0.1, -0.05) is 56.6 Å². The molecule has 4 bridgehead atoms. The highest BCUT2D eigenvalue weighted by Crippen LogP contribution is 2.67. The van der Waals surface area contributed by atoms with Gasteiger partial charge in [-0.2, -0.15) is 0 Å². The molecule has 4 aliphatic rings. The standard InChI is InChI=1S/C28H35ClNP/c1-30(2)25-6-4-3-5-23(25)20-11-12-24(29)28(17-20)31(26-15-18-7-9-21(26)13-18)27-16-19-8-10-22(27)14-19/h3-6,11-12,17-19,21-22,26-27H,7-10,13-16H2,1-2H3. The van der Waals surface area contributed by atoms with Crippen molar-refractivity contribution in [1.29, 1.82) is 0 Å². The van der Waals surface area contributed by atoms with E-state index in [1.54, 1.807) is 0 Å². The molecule has 164 valence electrons. The molecular weight excluding hydrogens is 417 g/mol. The number of nitrogens with zero attached hydrogens (tertiary/aromatic N) is 1. The molecule has 0 heterocycles. The maximum Gasteiger partial charge on any atom is 0.0483 e. The van der Waals surface area contributed by atoms with E-state index in [9.17, 15) is 0 Å². The topological polar surface area (TPSA) is 3.24 Å². The van der Waals surface area contributed by atoms with Crippen LogP contribution >= 0.6 is 19.5 Å². The molecule has 2 aromatic carbocycles. The summed E-state index contributed by atoms with van der Waals surface area (Å²) in [5.74, 6) is 3.97. The van der Waals surface area contributed by atoms with E-state index >= 15 is 0 Å². The molecule has 2 aromatic rings. The minimum absolute atomic E-state index is 0.185. The summed E-state index contributed by atoms with van der Waals surface area (Å²) < 4.78 is 0. The van der Waals surface area contributed by atoms with Crippen LogP contribution in [0.15, 0.2) is 42.5 Å². The van der Waals surface area contributed by atoms with Crippen LogP contribution in [0.3, 0.4) is 0 Å². The molecule has 6 atom stereocenters. The predicted molar refractivity (Wildman–Crippen MR) is 136 cm³/mol. The van der Waals surface area contributed by atoms with Gasteiger partial charge in [0.2, 0.25) is 0 Å². The van der Waals surface area contributed by atoms with Gasteiger partial charge < -0.3 is 4.90 Å². The van der Waals surface area contributed by atoms with E-state index in [2.05, 4.69) is 61.5 Å². The van der Waals surface area contributed by atoms with Gasteiger partial charge in [-0.05, 0) is 103 Å². The van der Waals surface area contributed by atoms with Crippen LogP contribution in [0, 0.1) is 23.7 Å². The van der Waals surface area contributed by atoms with Crippen molar-refractivity contribution < 1.29 is 0 Å². The first-order valence-corrected chi connectivity index (χ1v) is 14.3. The maximum absolute atomic E-state index is 7.05. The fourth-order valence-electron chi connectivity index (χ4n) is 7.69. The number of hydrogen-bond acceptors (Lipinski definition) is 1. The molecule has 1 nitrogen and oxygen atoms in total. The summed E-state index contributed by atoms with van der Waals surface area (Å²) in [4.78, 5) is 2.23. The number of anilines is 1. The van der Waals surface area contributed by atoms with Gasteiger partial charge in [-0.25, -0.2) is 0 Å². The highest BCUT2D eigenvalue weighted by Gasteiger charge is 2.51. The summed E-state index contributed by atoms with van der Waals surface area (Å²) in [6.07, 6.45) is 11.9. The summed E-state index contributed by atoms with van der Waals surface area (Å²) in [5.41, 5.74) is 5.83. The molecule has 0 radical (unpaired) electrons. The lowest BCUT2D eigenvalue weighted by molar-refractivity contribution is 0.463. The number of para-hydroxylation sites is 1. The minimum atomic E-state index is -0.185. The van der Waals surface area contributed by atoms with Crippen LogP contribution in [-0.4, -0.2) is 25.4 Å². The van der Waals surface area contributed by atoms with E-state index in [0.717, 1.165) is 40.0 Å². The van der Waals surface area contributed by atoms with Crippen LogP contribution < -0.4 is 10.2 Å². The van der Waals surface area contributed by atoms with Gasteiger partial charge in [0.25, 0.3) is 0 Å². The zero-order chi connectivity index (χ0) is 21.1. The Morgan fingerprint density at radius 3 is 2.00 bits per heavy atom. The molecule has 0 amide bonds. The molecular formula is C28H35ClNP. The maximum atomic E-state index is 7.05. The van der Waals surface area contributed by atoms with Gasteiger partial charge in [0, 0.05) is 30.4 Å². The van der Waals surface area contributed by atoms with Gasteiger partial charge in [-0.15, -0.1) is 0 Å². The number of benzene rings is 2. The fourth-order valence-corrected chi connectivity index (χ4v) is 12.4. The second-order valence-corrected chi connectivity index (χ2v) is 14.0. The second-order valence-electron chi connectivity index (χ2n) is 11.0. The van der Waals surface area contributed by atoms with Crippen LogP contribution in [0.5, 0.6) is 0 Å². The molecule has 0 saturated heterocycles. The lowest BCUT2D eigenvalue weighted by Gasteiger charge is -2.40. The predicted octanol–water partition coefficient (Wildman–Crippen LogP) is 7.56. The monoisotopic (exact) mass is 451 g/mol. The first-order chi connectivity index (χ1) is 15.1. The van der Waals surface area contributed by atoms with Crippen molar-refractivity contribution in [1.82, 2.24) is 0 Å². The SMILES string of the molecule is CN(C)c1ccccc1-c1ccc(Cl)c(P(C2CC3CCC2C3)C2CC3CCC2C3)c1. The van der Waals surface area contributed by atoms with Gasteiger partial charge in [-0.3, -0.25) is 0 Å². The molecule has 4 fully saturated rings. The molecule has 0 aromatic heterocycles. The van der Waals surface area contributed by atoms with Crippen molar-refractivity contribution in [2.24, 2.45) is 23.7 Å². The molecule has 6 rings (SSSR count). The van der Waals surface area contributed by atoms with E-state index in [-0.39, 0.29) is 7.92 Å². The zero-order valence-electron chi connectivity index (χ0n) is 18.9. The summed E-state index contributed by atoms with van der Waals surface area (Å²) in [7, 11) is 4.11. The van der Waals surface area contributed by atoms with E-state index in [0.29, 0.717) is 0 Å². The molecule has 3 heteroatoms. The fraction of sp³-hybridized carbons (Fsp3) is 0.571. The Bertz CT molecular complexity index is 943. The van der Waals surface area contributed by atoms with Crippen molar-refractivity contribution in [2.45, 2.75) is 62.7 Å². The first-order valence-electron chi connectivity index (χ1n) is 12.4. The number of hydrogen-bond donors (Lipinski definition) is 0. The Labute approximate surface area is 194 Å². The van der Waals surface area contributed by atoms with E-state index in [1.165, 1.54) is 73.5 Å². The average molecular weight is 452 g/mol. The van der Waals surface area contributed by atoms with Crippen molar-refractivity contribution in [3.05, 3.63) is 47.5 Å². The van der Waals surface area contributed by atoms with E-state index in [1.807, 2.05) is 0 Å². The van der Waals surface area contributed by atoms with Gasteiger partial charge in [0.1, 0.15) is 0 Å². The molecule has 4 saturated carbocycles. The summed E-state index contributed by atoms with van der Waals surface area (Å²) >= 11 is 7.05. The Morgan fingerprint density at radius 2 is 1.45 bits per heavy atom. The molecule has 0 N–H and O–H groups in total. The molecule has 0 spiro atoms. The average Bonchev–Trinajstić information content (AvgIpc) is 3.57. The van der Waals surface area contributed by atoms with E-state index in [4.69, 9.17) is 11.6 Å². The lowest BCUT2D eigenvalue weighted by atomic mass is 9.99. The lowest BCUT2D eigenvalue weighted by Crippen LogP contribution is -2.30. The first kappa shape index (κ1) is 20.6. The van der Waals surface area contributed by atoms with E-state index < -0.39 is 0 Å². The van der Waals surface area contributed by atoms with Crippen LogP contribution in [0.25, 0.3) is 11.1 Å². The summed E-state index contributed by atoms with van der Waals surface area (Å²) in [5, 5.41) is 2.58. The van der Waals surface area contributed by atoms with Crippen molar-refractivity contribution in [3.8, 4) is 11.1 Å². The highest BCUT2D eigenvalue weighted by atomic mass is 35.5. The Morgan fingerprint density at radius 1 is 0.806 bits per heavy atom. The van der Waals surface area contributed by atoms with Gasteiger partial charge in [0.15, 0.2) is 0 Å². The normalized spacial score (nSPS) is 34.4. The van der Waals surface area contributed by atoms with Crippen LogP contribution in [0.4, 0.5) is 5.69 Å². The third-order valence-corrected chi connectivity index (χ3v) is 13.1. The highest BCUT2D eigenvalue weighted by molar-refractivity contribution is 7.67. The third-order valence-electron chi connectivity index (χ3n) is 9.04. The Balaban J connectivity index is 1.43. The minimum Gasteiger partial charge on any atom is -0.377 e.